The van der Waals surface area contributed by atoms with Crippen LogP contribution in [-0.2, 0) is 9.59 Å². The second-order valence-corrected chi connectivity index (χ2v) is 8.17. The van der Waals surface area contributed by atoms with Gasteiger partial charge >= 0.3 is 5.97 Å². The van der Waals surface area contributed by atoms with Crippen molar-refractivity contribution in [3.8, 4) is 11.5 Å². The number of methoxy groups -OCH3 is 1. The van der Waals surface area contributed by atoms with Crippen LogP contribution in [0.25, 0.3) is 6.08 Å². The van der Waals surface area contributed by atoms with Crippen LogP contribution in [0.5, 0.6) is 11.5 Å². The molecule has 2 aromatic rings. The predicted octanol–water partition coefficient (Wildman–Crippen LogP) is 4.33. The lowest BCUT2D eigenvalue weighted by atomic mass is 10.2. The molecule has 1 heterocycles. The molecular weight excluding hydrogens is 466 g/mol. The Bertz CT molecular complexity index is 975. The van der Waals surface area contributed by atoms with Crippen LogP contribution in [-0.4, -0.2) is 35.0 Å². The number of thiocarbonyl (C=S) groups is 1. The molecule has 1 N–H and O–H groups in total. The van der Waals surface area contributed by atoms with Crippen LogP contribution in [0.1, 0.15) is 5.56 Å². The summed E-state index contributed by atoms with van der Waals surface area (Å²) >= 11 is 9.92. The molecular formula is C19H14BrNO5S2. The number of carboxylic acids is 1. The van der Waals surface area contributed by atoms with Crippen LogP contribution in [0, 0.1) is 0 Å². The summed E-state index contributed by atoms with van der Waals surface area (Å²) in [5.74, 6) is -0.302. The summed E-state index contributed by atoms with van der Waals surface area (Å²) in [5, 5.41) is 8.84. The first-order valence-electron chi connectivity index (χ1n) is 7.95. The van der Waals surface area contributed by atoms with Gasteiger partial charge in [0.2, 0.25) is 0 Å². The van der Waals surface area contributed by atoms with Gasteiger partial charge in [-0.1, -0.05) is 39.9 Å². The van der Waals surface area contributed by atoms with Crippen molar-refractivity contribution < 1.29 is 24.2 Å². The highest BCUT2D eigenvalue weighted by Crippen LogP contribution is 2.38. The van der Waals surface area contributed by atoms with E-state index >= 15 is 0 Å². The van der Waals surface area contributed by atoms with E-state index in [0.29, 0.717) is 32.0 Å². The third-order valence-corrected chi connectivity index (χ3v) is 5.53. The van der Waals surface area contributed by atoms with E-state index in [1.165, 1.54) is 16.7 Å². The number of aliphatic carboxylic acids is 1. The second kappa shape index (κ2) is 8.76. The third-order valence-electron chi connectivity index (χ3n) is 3.73. The van der Waals surface area contributed by atoms with Crippen molar-refractivity contribution in [2.45, 2.75) is 0 Å². The first kappa shape index (κ1) is 20.4. The smallest absolute Gasteiger partial charge is 0.341 e. The molecule has 0 aliphatic carbocycles. The molecule has 0 aromatic heterocycles. The van der Waals surface area contributed by atoms with Crippen LogP contribution in [0.3, 0.4) is 0 Å². The van der Waals surface area contributed by atoms with Gasteiger partial charge < -0.3 is 14.6 Å². The number of hydrogen-bond donors (Lipinski definition) is 1. The standard InChI is InChI=1S/C19H14BrNO5S2/c1-25-14-5-3-13(4-6-14)21-18(24)16(28-19(21)27)9-11-8-12(20)2-7-15(11)26-10-17(22)23/h2-9H,10H2,1H3,(H,22,23)/b16-9-. The Hall–Kier alpha value is -2.36. The Morgan fingerprint density at radius 2 is 2.00 bits per heavy atom. The highest BCUT2D eigenvalue weighted by molar-refractivity contribution is 9.10. The summed E-state index contributed by atoms with van der Waals surface area (Å²) < 4.78 is 11.6. The summed E-state index contributed by atoms with van der Waals surface area (Å²) in [6.07, 6.45) is 1.64. The average Bonchev–Trinajstić information content (AvgIpc) is 2.94. The Morgan fingerprint density at radius 3 is 2.64 bits per heavy atom. The SMILES string of the molecule is COc1ccc(N2C(=O)/C(=C/c3cc(Br)ccc3OCC(=O)O)SC2=S)cc1. The Balaban J connectivity index is 1.91. The van der Waals surface area contributed by atoms with E-state index in [4.69, 9.17) is 26.8 Å². The maximum absolute atomic E-state index is 12.9. The molecule has 6 nitrogen and oxygen atoms in total. The monoisotopic (exact) mass is 479 g/mol. The molecule has 1 amide bonds. The van der Waals surface area contributed by atoms with Crippen molar-refractivity contribution >= 4 is 67.9 Å². The number of thioether (sulfide) groups is 1. The van der Waals surface area contributed by atoms with Crippen LogP contribution in [0.15, 0.2) is 51.8 Å². The van der Waals surface area contributed by atoms with Gasteiger partial charge in [0.05, 0.1) is 17.7 Å². The minimum Gasteiger partial charge on any atom is -0.497 e. The Kier molecular flexibility index (Phi) is 6.38. The number of rotatable bonds is 6. The summed E-state index contributed by atoms with van der Waals surface area (Å²) in [6, 6.07) is 12.1. The van der Waals surface area contributed by atoms with Gasteiger partial charge in [-0.05, 0) is 48.5 Å². The highest BCUT2D eigenvalue weighted by Gasteiger charge is 2.33. The molecule has 1 aliphatic rings. The number of carbonyl (C=O) groups excluding carboxylic acids is 1. The summed E-state index contributed by atoms with van der Waals surface area (Å²) in [4.78, 5) is 25.6. The fraction of sp³-hybridized carbons (Fsp3) is 0.105. The Morgan fingerprint density at radius 1 is 1.29 bits per heavy atom. The highest BCUT2D eigenvalue weighted by atomic mass is 79.9. The van der Waals surface area contributed by atoms with Crippen molar-refractivity contribution in [3.63, 3.8) is 0 Å². The van der Waals surface area contributed by atoms with Gasteiger partial charge in [-0.2, -0.15) is 0 Å². The van der Waals surface area contributed by atoms with Gasteiger partial charge in [0.1, 0.15) is 11.5 Å². The molecule has 1 saturated heterocycles. The number of halogens is 1. The maximum Gasteiger partial charge on any atom is 0.341 e. The molecule has 3 rings (SSSR count). The van der Waals surface area contributed by atoms with E-state index in [1.807, 2.05) is 0 Å². The van der Waals surface area contributed by atoms with Gasteiger partial charge in [0.25, 0.3) is 5.91 Å². The quantitative estimate of drug-likeness (QED) is 0.487. The first-order valence-corrected chi connectivity index (χ1v) is 9.97. The van der Waals surface area contributed by atoms with Crippen LogP contribution >= 0.6 is 39.9 Å². The van der Waals surface area contributed by atoms with E-state index in [2.05, 4.69) is 15.9 Å². The number of carbonyl (C=O) groups is 2. The van der Waals surface area contributed by atoms with Crippen LogP contribution in [0.2, 0.25) is 0 Å². The Labute approximate surface area is 179 Å². The molecule has 0 atom stereocenters. The number of amides is 1. The van der Waals surface area contributed by atoms with E-state index in [-0.39, 0.29) is 5.91 Å². The van der Waals surface area contributed by atoms with E-state index in [0.717, 1.165) is 4.47 Å². The summed E-state index contributed by atoms with van der Waals surface area (Å²) in [6.45, 7) is -0.477. The molecule has 2 aromatic carbocycles. The zero-order valence-corrected chi connectivity index (χ0v) is 17.8. The number of nitrogens with zero attached hydrogens (tertiary/aromatic N) is 1. The normalized spacial score (nSPS) is 15.2. The molecule has 9 heteroatoms. The molecule has 0 spiro atoms. The maximum atomic E-state index is 12.9. The van der Waals surface area contributed by atoms with Gasteiger partial charge in [0.15, 0.2) is 10.9 Å². The molecule has 0 bridgehead atoms. The number of anilines is 1. The number of ether oxygens (including phenoxy) is 2. The van der Waals surface area contributed by atoms with Gasteiger partial charge in [-0.25, -0.2) is 4.79 Å². The minimum atomic E-state index is -1.08. The van der Waals surface area contributed by atoms with Gasteiger partial charge in [-0.15, -0.1) is 0 Å². The summed E-state index contributed by atoms with van der Waals surface area (Å²) in [7, 11) is 1.57. The van der Waals surface area contributed by atoms with Crippen molar-refractivity contribution in [1.82, 2.24) is 0 Å². The summed E-state index contributed by atoms with van der Waals surface area (Å²) in [5.41, 5.74) is 1.22. The van der Waals surface area contributed by atoms with Crippen molar-refractivity contribution in [1.29, 1.82) is 0 Å². The zero-order valence-electron chi connectivity index (χ0n) is 14.5. The van der Waals surface area contributed by atoms with Crippen LogP contribution < -0.4 is 14.4 Å². The third kappa shape index (κ3) is 4.54. The van der Waals surface area contributed by atoms with Crippen molar-refractivity contribution in [2.75, 3.05) is 18.6 Å². The van der Waals surface area contributed by atoms with Gasteiger partial charge in [0, 0.05) is 10.0 Å². The second-order valence-electron chi connectivity index (χ2n) is 5.58. The minimum absolute atomic E-state index is 0.260. The van der Waals surface area contributed by atoms with Crippen LogP contribution in [0.4, 0.5) is 5.69 Å². The lowest BCUT2D eigenvalue weighted by Crippen LogP contribution is -2.27. The molecule has 0 unspecified atom stereocenters. The van der Waals surface area contributed by atoms with E-state index in [1.54, 1.807) is 55.7 Å². The predicted molar refractivity (Wildman–Crippen MR) is 116 cm³/mol. The number of hydrogen-bond acceptors (Lipinski definition) is 6. The molecule has 144 valence electrons. The molecule has 0 radical (unpaired) electrons. The molecule has 1 aliphatic heterocycles. The molecule has 28 heavy (non-hydrogen) atoms. The number of carboxylic acid groups (broad SMARTS) is 1. The van der Waals surface area contributed by atoms with Crippen molar-refractivity contribution in [3.05, 3.63) is 57.4 Å². The lowest BCUT2D eigenvalue weighted by Gasteiger charge is -2.14. The zero-order chi connectivity index (χ0) is 20.3. The fourth-order valence-corrected chi connectivity index (χ4v) is 4.13. The van der Waals surface area contributed by atoms with Crippen molar-refractivity contribution in [2.24, 2.45) is 0 Å². The average molecular weight is 480 g/mol. The molecule has 0 saturated carbocycles. The first-order chi connectivity index (χ1) is 13.4. The largest absolute Gasteiger partial charge is 0.497 e. The lowest BCUT2D eigenvalue weighted by molar-refractivity contribution is -0.139. The number of benzene rings is 2. The fourth-order valence-electron chi connectivity index (χ4n) is 2.47. The molecule has 1 fully saturated rings. The van der Waals surface area contributed by atoms with E-state index in [9.17, 15) is 9.59 Å². The van der Waals surface area contributed by atoms with Gasteiger partial charge in [-0.3, -0.25) is 9.69 Å². The van der Waals surface area contributed by atoms with E-state index < -0.39 is 12.6 Å². The topological polar surface area (TPSA) is 76.1 Å².